The monoisotopic (exact) mass is 191 g/mol. The van der Waals surface area contributed by atoms with Crippen LogP contribution in [0.3, 0.4) is 0 Å². The molecule has 0 aliphatic rings. The van der Waals surface area contributed by atoms with E-state index in [1.54, 1.807) is 0 Å². The molecule has 0 amide bonds. The molecule has 2 unspecified atom stereocenters. The summed E-state index contributed by atoms with van der Waals surface area (Å²) < 4.78 is 4.43. The van der Waals surface area contributed by atoms with Crippen LogP contribution in [0.25, 0.3) is 0 Å². The number of hydrogen-bond donors (Lipinski definition) is 1. The summed E-state index contributed by atoms with van der Waals surface area (Å²) in [6, 6.07) is -0.485. The lowest BCUT2D eigenvalue weighted by Crippen LogP contribution is -2.31. The van der Waals surface area contributed by atoms with Crippen LogP contribution < -0.4 is 5.73 Å². The van der Waals surface area contributed by atoms with Gasteiger partial charge in [0.05, 0.1) is 9.47 Å². The lowest BCUT2D eigenvalue weighted by atomic mass is 9.89. The Morgan fingerprint density at radius 3 is 2.42 bits per heavy atom. The molecule has 0 saturated heterocycles. The van der Waals surface area contributed by atoms with E-state index >= 15 is 0 Å². The molecule has 0 heterocycles. The van der Waals surface area contributed by atoms with Gasteiger partial charge in [0.15, 0.2) is 0 Å². The summed E-state index contributed by atoms with van der Waals surface area (Å²) in [5.74, 6) is -0.357. The van der Waals surface area contributed by atoms with Crippen LogP contribution in [0.15, 0.2) is 0 Å². The standard InChI is InChI=1S/C8H18NO2P/c1-8(2,3)5-4-6(9)7(10)11-12/h6H,4-5,9,12H2,1-3H3. The van der Waals surface area contributed by atoms with Gasteiger partial charge in [-0.1, -0.05) is 20.8 Å². The molecule has 0 aromatic carbocycles. The van der Waals surface area contributed by atoms with Crippen molar-refractivity contribution < 1.29 is 9.32 Å². The van der Waals surface area contributed by atoms with E-state index in [0.717, 1.165) is 6.42 Å². The summed E-state index contributed by atoms with van der Waals surface area (Å²) in [5.41, 5.74) is 5.77. The summed E-state index contributed by atoms with van der Waals surface area (Å²) in [7, 11) is 1.91. The van der Waals surface area contributed by atoms with Crippen LogP contribution in [-0.2, 0) is 9.32 Å². The molecule has 0 aromatic rings. The minimum absolute atomic E-state index is 0.221. The van der Waals surface area contributed by atoms with Crippen molar-refractivity contribution in [3.05, 3.63) is 0 Å². The molecule has 0 fully saturated rings. The lowest BCUT2D eigenvalue weighted by Gasteiger charge is -2.19. The van der Waals surface area contributed by atoms with E-state index in [1.165, 1.54) is 0 Å². The largest absolute Gasteiger partial charge is 0.450 e. The summed E-state index contributed by atoms with van der Waals surface area (Å²) in [6.45, 7) is 6.35. The van der Waals surface area contributed by atoms with Crippen LogP contribution >= 0.6 is 9.47 Å². The van der Waals surface area contributed by atoms with Crippen molar-refractivity contribution in [2.24, 2.45) is 11.1 Å². The fourth-order valence-electron chi connectivity index (χ4n) is 0.794. The summed E-state index contributed by atoms with van der Waals surface area (Å²) >= 11 is 0. The Bertz CT molecular complexity index is 154. The van der Waals surface area contributed by atoms with Crippen molar-refractivity contribution in [1.29, 1.82) is 0 Å². The molecule has 2 N–H and O–H groups in total. The highest BCUT2D eigenvalue weighted by Crippen LogP contribution is 2.21. The van der Waals surface area contributed by atoms with Crippen molar-refractivity contribution in [1.82, 2.24) is 0 Å². The number of hydrogen-bond acceptors (Lipinski definition) is 3. The van der Waals surface area contributed by atoms with Gasteiger partial charge >= 0.3 is 5.97 Å². The number of carbonyl (C=O) groups excluding carboxylic acids is 1. The Morgan fingerprint density at radius 2 is 2.08 bits per heavy atom. The Balaban J connectivity index is 3.72. The second-order valence-electron chi connectivity index (χ2n) is 4.14. The Morgan fingerprint density at radius 1 is 1.58 bits per heavy atom. The minimum Gasteiger partial charge on any atom is -0.450 e. The van der Waals surface area contributed by atoms with Crippen molar-refractivity contribution in [2.45, 2.75) is 39.7 Å². The second kappa shape index (κ2) is 4.78. The van der Waals surface area contributed by atoms with Crippen molar-refractivity contribution in [3.8, 4) is 0 Å². The topological polar surface area (TPSA) is 52.3 Å². The highest BCUT2D eigenvalue weighted by atomic mass is 31.0. The minimum atomic E-state index is -0.485. The average molecular weight is 191 g/mol. The normalized spacial score (nSPS) is 14.1. The van der Waals surface area contributed by atoms with Gasteiger partial charge in [-0.15, -0.1) is 0 Å². The van der Waals surface area contributed by atoms with E-state index in [2.05, 4.69) is 25.3 Å². The summed E-state index contributed by atoms with van der Waals surface area (Å²) in [6.07, 6.45) is 1.60. The molecule has 0 rings (SSSR count). The van der Waals surface area contributed by atoms with Gasteiger partial charge in [-0.2, -0.15) is 0 Å². The zero-order valence-electron chi connectivity index (χ0n) is 7.96. The third-order valence-corrected chi connectivity index (χ3v) is 1.86. The predicted molar refractivity (Wildman–Crippen MR) is 52.5 cm³/mol. The summed E-state index contributed by atoms with van der Waals surface area (Å²) in [5, 5.41) is 0. The fourth-order valence-corrected chi connectivity index (χ4v) is 0.969. The molecule has 0 bridgehead atoms. The Hall–Kier alpha value is -0.140. The third kappa shape index (κ3) is 5.50. The van der Waals surface area contributed by atoms with Gasteiger partial charge in [0.25, 0.3) is 0 Å². The van der Waals surface area contributed by atoms with Crippen molar-refractivity contribution >= 4 is 15.4 Å². The first-order valence-corrected chi connectivity index (χ1v) is 4.50. The molecule has 12 heavy (non-hydrogen) atoms. The van der Waals surface area contributed by atoms with Crippen molar-refractivity contribution in [3.63, 3.8) is 0 Å². The maximum Gasteiger partial charge on any atom is 0.325 e. The quantitative estimate of drug-likeness (QED) is 0.687. The fraction of sp³-hybridized carbons (Fsp3) is 0.875. The molecule has 2 atom stereocenters. The van der Waals surface area contributed by atoms with Crippen molar-refractivity contribution in [2.75, 3.05) is 0 Å². The van der Waals surface area contributed by atoms with Gasteiger partial charge in [-0.05, 0) is 18.3 Å². The molecule has 72 valence electrons. The molecule has 0 spiro atoms. The van der Waals surface area contributed by atoms with Crippen LogP contribution in [0.1, 0.15) is 33.6 Å². The zero-order valence-corrected chi connectivity index (χ0v) is 9.12. The number of nitrogens with two attached hydrogens (primary N) is 1. The first-order valence-electron chi connectivity index (χ1n) is 4.03. The third-order valence-electron chi connectivity index (χ3n) is 1.62. The number of carbonyl (C=O) groups is 1. The first-order chi connectivity index (χ1) is 5.37. The highest BCUT2D eigenvalue weighted by Gasteiger charge is 2.17. The molecular weight excluding hydrogens is 173 g/mol. The zero-order chi connectivity index (χ0) is 9.78. The molecular formula is C8H18NO2P. The summed E-state index contributed by atoms with van der Waals surface area (Å²) in [4.78, 5) is 10.9. The van der Waals surface area contributed by atoms with E-state index in [-0.39, 0.29) is 11.4 Å². The van der Waals surface area contributed by atoms with E-state index in [9.17, 15) is 4.79 Å². The van der Waals surface area contributed by atoms with Gasteiger partial charge in [0.1, 0.15) is 6.04 Å². The van der Waals surface area contributed by atoms with Gasteiger partial charge in [-0.3, -0.25) is 4.79 Å². The SMILES string of the molecule is CC(C)(C)CCC(N)C(=O)OP. The second-order valence-corrected chi connectivity index (χ2v) is 4.38. The molecule has 0 radical (unpaired) electrons. The number of rotatable bonds is 3. The molecule has 0 aliphatic heterocycles. The van der Waals surface area contributed by atoms with Crippen LogP contribution in [0.4, 0.5) is 0 Å². The lowest BCUT2D eigenvalue weighted by molar-refractivity contribution is -0.134. The average Bonchev–Trinajstić information content (AvgIpc) is 1.97. The molecule has 4 heteroatoms. The van der Waals surface area contributed by atoms with Crippen LogP contribution in [0.5, 0.6) is 0 Å². The van der Waals surface area contributed by atoms with E-state index in [1.807, 2.05) is 9.47 Å². The first kappa shape index (κ1) is 11.9. The van der Waals surface area contributed by atoms with E-state index in [0.29, 0.717) is 6.42 Å². The van der Waals surface area contributed by atoms with E-state index in [4.69, 9.17) is 5.73 Å². The molecule has 3 nitrogen and oxygen atoms in total. The van der Waals surface area contributed by atoms with Crippen LogP contribution in [-0.4, -0.2) is 12.0 Å². The Labute approximate surface area is 76.3 Å². The smallest absolute Gasteiger partial charge is 0.325 e. The van der Waals surface area contributed by atoms with Crippen LogP contribution in [0.2, 0.25) is 0 Å². The molecule has 0 saturated carbocycles. The highest BCUT2D eigenvalue weighted by molar-refractivity contribution is 7.10. The van der Waals surface area contributed by atoms with Gasteiger partial charge < -0.3 is 10.3 Å². The molecule has 0 aromatic heterocycles. The van der Waals surface area contributed by atoms with E-state index < -0.39 is 6.04 Å². The Kier molecular flexibility index (Phi) is 4.73. The van der Waals surface area contributed by atoms with Crippen LogP contribution in [0, 0.1) is 5.41 Å². The van der Waals surface area contributed by atoms with Gasteiger partial charge in [-0.25, -0.2) is 0 Å². The maximum absolute atomic E-state index is 10.9. The molecule has 0 aliphatic carbocycles. The van der Waals surface area contributed by atoms with Gasteiger partial charge in [0, 0.05) is 0 Å². The predicted octanol–water partition coefficient (Wildman–Crippen LogP) is 1.47. The van der Waals surface area contributed by atoms with Gasteiger partial charge in [0.2, 0.25) is 0 Å². The maximum atomic E-state index is 10.9.